The van der Waals surface area contributed by atoms with E-state index in [9.17, 15) is 9.59 Å². The minimum absolute atomic E-state index is 0.110. The van der Waals surface area contributed by atoms with Crippen molar-refractivity contribution in [2.45, 2.75) is 12.8 Å². The van der Waals surface area contributed by atoms with Gasteiger partial charge in [-0.15, -0.1) is 5.10 Å². The third-order valence-corrected chi connectivity index (χ3v) is 3.00. The van der Waals surface area contributed by atoms with Crippen molar-refractivity contribution in [3.63, 3.8) is 0 Å². The fourth-order valence-electron chi connectivity index (χ4n) is 1.97. The topological polar surface area (TPSA) is 94.1 Å². The normalized spacial score (nSPS) is 17.1. The fourth-order valence-corrected chi connectivity index (χ4v) is 1.97. The molecular formula is C10H15N5O2. The Kier molecular flexibility index (Phi) is 3.08. The highest BCUT2D eigenvalue weighted by atomic mass is 16.2. The number of hydrogen-bond donors (Lipinski definition) is 1. The maximum absolute atomic E-state index is 12.0. The van der Waals surface area contributed by atoms with Gasteiger partial charge in [0.1, 0.15) is 0 Å². The molecule has 1 aromatic rings. The summed E-state index contributed by atoms with van der Waals surface area (Å²) in [6, 6.07) is 0. The van der Waals surface area contributed by atoms with Crippen LogP contribution < -0.4 is 5.73 Å². The van der Waals surface area contributed by atoms with E-state index in [1.54, 1.807) is 11.9 Å². The van der Waals surface area contributed by atoms with E-state index < -0.39 is 0 Å². The third-order valence-electron chi connectivity index (χ3n) is 3.00. The Labute approximate surface area is 98.6 Å². The van der Waals surface area contributed by atoms with Gasteiger partial charge < -0.3 is 10.6 Å². The summed E-state index contributed by atoms with van der Waals surface area (Å²) in [5, 5.41) is 7.82. The van der Waals surface area contributed by atoms with E-state index in [2.05, 4.69) is 10.2 Å². The lowest BCUT2D eigenvalue weighted by Gasteiger charge is -2.29. The summed E-state index contributed by atoms with van der Waals surface area (Å²) in [6.45, 7) is 1.09. The quantitative estimate of drug-likeness (QED) is 0.725. The average molecular weight is 237 g/mol. The van der Waals surface area contributed by atoms with E-state index in [0.29, 0.717) is 31.6 Å². The zero-order chi connectivity index (χ0) is 12.4. The van der Waals surface area contributed by atoms with Crippen LogP contribution in [0.1, 0.15) is 23.3 Å². The Morgan fingerprint density at radius 3 is 2.53 bits per heavy atom. The van der Waals surface area contributed by atoms with Crippen LogP contribution in [0.3, 0.4) is 0 Å². The monoisotopic (exact) mass is 237 g/mol. The second-order valence-electron chi connectivity index (χ2n) is 4.19. The van der Waals surface area contributed by atoms with Gasteiger partial charge in [0.25, 0.3) is 5.91 Å². The molecule has 7 nitrogen and oxygen atoms in total. The second-order valence-corrected chi connectivity index (χ2v) is 4.19. The molecule has 17 heavy (non-hydrogen) atoms. The summed E-state index contributed by atoms with van der Waals surface area (Å²) in [7, 11) is 1.66. The molecule has 1 fully saturated rings. The molecule has 0 unspecified atom stereocenters. The van der Waals surface area contributed by atoms with Gasteiger partial charge in [0.2, 0.25) is 5.91 Å². The molecular weight excluding hydrogens is 222 g/mol. The van der Waals surface area contributed by atoms with Gasteiger partial charge in [-0.25, -0.2) is 0 Å². The number of likely N-dealkylation sites (tertiary alicyclic amines) is 1. The second kappa shape index (κ2) is 4.52. The molecule has 1 aliphatic heterocycles. The van der Waals surface area contributed by atoms with E-state index in [1.165, 1.54) is 11.0 Å². The van der Waals surface area contributed by atoms with Gasteiger partial charge in [-0.1, -0.05) is 0 Å². The van der Waals surface area contributed by atoms with E-state index in [1.807, 2.05) is 0 Å². The highest BCUT2D eigenvalue weighted by molar-refractivity contribution is 5.92. The van der Waals surface area contributed by atoms with Crippen molar-refractivity contribution in [1.82, 2.24) is 19.9 Å². The highest BCUT2D eigenvalue weighted by Gasteiger charge is 2.27. The fraction of sp³-hybridized carbons (Fsp3) is 0.600. The van der Waals surface area contributed by atoms with E-state index in [-0.39, 0.29) is 17.7 Å². The number of carbonyl (C=O) groups excluding carboxylic acids is 2. The number of amides is 2. The minimum atomic E-state index is -0.281. The first-order chi connectivity index (χ1) is 8.08. The summed E-state index contributed by atoms with van der Waals surface area (Å²) in [4.78, 5) is 26.0. The molecule has 2 N–H and O–H groups in total. The molecule has 0 bridgehead atoms. The zero-order valence-corrected chi connectivity index (χ0v) is 9.67. The lowest BCUT2D eigenvalue weighted by Crippen LogP contribution is -2.41. The smallest absolute Gasteiger partial charge is 0.276 e. The lowest BCUT2D eigenvalue weighted by atomic mass is 9.96. The van der Waals surface area contributed by atoms with Gasteiger partial charge in [0, 0.05) is 26.1 Å². The summed E-state index contributed by atoms with van der Waals surface area (Å²) in [5.74, 6) is -0.529. The van der Waals surface area contributed by atoms with Crippen LogP contribution in [0.25, 0.3) is 0 Å². The molecule has 0 atom stereocenters. The van der Waals surface area contributed by atoms with Gasteiger partial charge in [0.05, 0.1) is 6.20 Å². The first-order valence-electron chi connectivity index (χ1n) is 5.53. The number of primary amides is 1. The van der Waals surface area contributed by atoms with Crippen LogP contribution >= 0.6 is 0 Å². The number of carbonyl (C=O) groups is 2. The number of nitrogens with zero attached hydrogens (tertiary/aromatic N) is 4. The van der Waals surface area contributed by atoms with Gasteiger partial charge in [0.15, 0.2) is 5.69 Å². The van der Waals surface area contributed by atoms with Crippen molar-refractivity contribution in [2.24, 2.45) is 18.7 Å². The predicted octanol–water partition coefficient (Wildman–Crippen LogP) is -0.847. The van der Waals surface area contributed by atoms with E-state index in [4.69, 9.17) is 5.73 Å². The van der Waals surface area contributed by atoms with Gasteiger partial charge in [-0.2, -0.15) is 9.90 Å². The summed E-state index contributed by atoms with van der Waals surface area (Å²) < 4.78 is 0. The molecule has 1 aliphatic rings. The Morgan fingerprint density at radius 1 is 1.41 bits per heavy atom. The number of hydrogen-bond acceptors (Lipinski definition) is 4. The van der Waals surface area contributed by atoms with Crippen molar-refractivity contribution in [3.05, 3.63) is 11.9 Å². The SMILES string of the molecule is Cn1ncc(C(=O)N2CCC(C(N)=O)CC2)n1. The first kappa shape index (κ1) is 11.6. The molecule has 2 amide bonds. The molecule has 2 heterocycles. The van der Waals surface area contributed by atoms with Crippen molar-refractivity contribution in [2.75, 3.05) is 13.1 Å². The molecule has 0 saturated carbocycles. The number of rotatable bonds is 2. The van der Waals surface area contributed by atoms with Crippen LogP contribution in [-0.2, 0) is 11.8 Å². The molecule has 0 spiro atoms. The maximum Gasteiger partial charge on any atom is 0.276 e. The number of aryl methyl sites for hydroxylation is 1. The zero-order valence-electron chi connectivity index (χ0n) is 9.67. The molecule has 0 aliphatic carbocycles. The van der Waals surface area contributed by atoms with Crippen LogP contribution in [0, 0.1) is 5.92 Å². The Morgan fingerprint density at radius 2 is 2.06 bits per heavy atom. The van der Waals surface area contributed by atoms with Crippen LogP contribution in [0.4, 0.5) is 0 Å². The van der Waals surface area contributed by atoms with Crippen LogP contribution in [0.2, 0.25) is 0 Å². The van der Waals surface area contributed by atoms with Crippen molar-refractivity contribution in [1.29, 1.82) is 0 Å². The van der Waals surface area contributed by atoms with Crippen molar-refractivity contribution < 1.29 is 9.59 Å². The van der Waals surface area contributed by atoms with Gasteiger partial charge >= 0.3 is 0 Å². The number of aromatic nitrogens is 3. The average Bonchev–Trinajstić information content (AvgIpc) is 2.75. The van der Waals surface area contributed by atoms with Gasteiger partial charge in [-0.05, 0) is 12.8 Å². The van der Waals surface area contributed by atoms with Crippen LogP contribution in [0.5, 0.6) is 0 Å². The number of piperidine rings is 1. The molecule has 0 aromatic carbocycles. The highest BCUT2D eigenvalue weighted by Crippen LogP contribution is 2.17. The molecule has 7 heteroatoms. The molecule has 1 saturated heterocycles. The van der Waals surface area contributed by atoms with Gasteiger partial charge in [-0.3, -0.25) is 9.59 Å². The third kappa shape index (κ3) is 2.43. The lowest BCUT2D eigenvalue weighted by molar-refractivity contribution is -0.123. The Balaban J connectivity index is 1.97. The first-order valence-corrected chi connectivity index (χ1v) is 5.53. The standard InChI is InChI=1S/C10H15N5O2/c1-14-12-6-8(13-14)10(17)15-4-2-7(3-5-15)9(11)16/h6-7H,2-5H2,1H3,(H2,11,16). The number of nitrogens with two attached hydrogens (primary N) is 1. The van der Waals surface area contributed by atoms with Crippen molar-refractivity contribution in [3.8, 4) is 0 Å². The largest absolute Gasteiger partial charge is 0.369 e. The van der Waals surface area contributed by atoms with Crippen LogP contribution in [-0.4, -0.2) is 44.8 Å². The summed E-state index contributed by atoms with van der Waals surface area (Å²) in [5.41, 5.74) is 5.57. The Bertz CT molecular complexity index is 434. The van der Waals surface area contributed by atoms with E-state index >= 15 is 0 Å². The molecule has 2 rings (SSSR count). The minimum Gasteiger partial charge on any atom is -0.369 e. The summed E-state index contributed by atoms with van der Waals surface area (Å²) in [6.07, 6.45) is 2.70. The van der Waals surface area contributed by atoms with Crippen LogP contribution in [0.15, 0.2) is 6.20 Å². The Hall–Kier alpha value is -1.92. The molecule has 1 aromatic heterocycles. The predicted molar refractivity (Wildman–Crippen MR) is 58.8 cm³/mol. The molecule has 92 valence electrons. The van der Waals surface area contributed by atoms with E-state index in [0.717, 1.165) is 0 Å². The maximum atomic E-state index is 12.0. The molecule has 0 radical (unpaired) electrons. The van der Waals surface area contributed by atoms with Crippen molar-refractivity contribution >= 4 is 11.8 Å². The summed E-state index contributed by atoms with van der Waals surface area (Å²) >= 11 is 0.